The van der Waals surface area contributed by atoms with Crippen LogP contribution in [0.1, 0.15) is 5.56 Å². The number of H-pyrrole nitrogens is 1. The van der Waals surface area contributed by atoms with Crippen molar-refractivity contribution in [2.24, 2.45) is 0 Å². The molecule has 0 fully saturated rings. The Hall–Kier alpha value is -1.87. The zero-order chi connectivity index (χ0) is 11.8. The number of hydrogen-bond donors (Lipinski definition) is 1. The first kappa shape index (κ1) is 10.3. The molecule has 0 radical (unpaired) electrons. The number of halogens is 1. The van der Waals surface area contributed by atoms with E-state index in [0.717, 1.165) is 22.0 Å². The standard InChI is InChI=1S/C13H10ClN3/c1-8-3-2-4-11-13(8)10(5-12(14)17-11)9-6-15-16-7-9/h2-7H,1H3,(H,15,16). The van der Waals surface area contributed by atoms with Crippen molar-refractivity contribution in [1.29, 1.82) is 0 Å². The fourth-order valence-electron chi connectivity index (χ4n) is 2.06. The van der Waals surface area contributed by atoms with Crippen LogP contribution in [0.3, 0.4) is 0 Å². The molecule has 84 valence electrons. The van der Waals surface area contributed by atoms with E-state index in [1.807, 2.05) is 24.4 Å². The molecular weight excluding hydrogens is 234 g/mol. The summed E-state index contributed by atoms with van der Waals surface area (Å²) in [6.07, 6.45) is 3.65. The van der Waals surface area contributed by atoms with Crippen LogP contribution in [0, 0.1) is 6.92 Å². The maximum atomic E-state index is 6.05. The third-order valence-electron chi connectivity index (χ3n) is 2.82. The molecule has 17 heavy (non-hydrogen) atoms. The zero-order valence-electron chi connectivity index (χ0n) is 9.24. The Kier molecular flexibility index (Phi) is 2.34. The summed E-state index contributed by atoms with van der Waals surface area (Å²) in [6.45, 7) is 2.07. The number of nitrogens with zero attached hydrogens (tertiary/aromatic N) is 2. The Labute approximate surface area is 103 Å². The highest BCUT2D eigenvalue weighted by molar-refractivity contribution is 6.30. The van der Waals surface area contributed by atoms with Gasteiger partial charge in [-0.15, -0.1) is 0 Å². The monoisotopic (exact) mass is 243 g/mol. The molecule has 0 bridgehead atoms. The number of aromatic amines is 1. The van der Waals surface area contributed by atoms with Gasteiger partial charge in [0.05, 0.1) is 11.7 Å². The van der Waals surface area contributed by atoms with E-state index in [1.165, 1.54) is 5.56 Å². The molecular formula is C13H10ClN3. The molecule has 4 heteroatoms. The number of pyridine rings is 1. The van der Waals surface area contributed by atoms with Gasteiger partial charge in [-0.2, -0.15) is 5.10 Å². The van der Waals surface area contributed by atoms with Crippen LogP contribution in [0.15, 0.2) is 36.7 Å². The van der Waals surface area contributed by atoms with Crippen molar-refractivity contribution in [3.05, 3.63) is 47.4 Å². The summed E-state index contributed by atoms with van der Waals surface area (Å²) in [5.41, 5.74) is 4.18. The van der Waals surface area contributed by atoms with E-state index in [4.69, 9.17) is 11.6 Å². The smallest absolute Gasteiger partial charge is 0.130 e. The lowest BCUT2D eigenvalue weighted by molar-refractivity contribution is 1.09. The maximum absolute atomic E-state index is 6.05. The van der Waals surface area contributed by atoms with Gasteiger partial charge < -0.3 is 0 Å². The van der Waals surface area contributed by atoms with Gasteiger partial charge >= 0.3 is 0 Å². The average molecular weight is 244 g/mol. The second kappa shape index (κ2) is 3.86. The second-order valence-electron chi connectivity index (χ2n) is 3.95. The van der Waals surface area contributed by atoms with Crippen molar-refractivity contribution < 1.29 is 0 Å². The summed E-state index contributed by atoms with van der Waals surface area (Å²) in [5.74, 6) is 0. The van der Waals surface area contributed by atoms with Crippen LogP contribution in [-0.2, 0) is 0 Å². The average Bonchev–Trinajstić information content (AvgIpc) is 2.81. The molecule has 0 saturated carbocycles. The molecule has 3 nitrogen and oxygen atoms in total. The van der Waals surface area contributed by atoms with Gasteiger partial charge in [0.2, 0.25) is 0 Å². The fourth-order valence-corrected chi connectivity index (χ4v) is 2.26. The van der Waals surface area contributed by atoms with Gasteiger partial charge in [0, 0.05) is 17.1 Å². The SMILES string of the molecule is Cc1cccc2nc(Cl)cc(-c3cn[nH]c3)c12. The molecule has 1 aromatic carbocycles. The molecule has 2 heterocycles. The number of nitrogens with one attached hydrogen (secondary N) is 1. The summed E-state index contributed by atoms with van der Waals surface area (Å²) in [5, 5.41) is 8.42. The largest absolute Gasteiger partial charge is 0.285 e. The van der Waals surface area contributed by atoms with Crippen molar-refractivity contribution in [2.75, 3.05) is 0 Å². The van der Waals surface area contributed by atoms with Gasteiger partial charge in [-0.05, 0) is 30.2 Å². The fraction of sp³-hybridized carbons (Fsp3) is 0.0769. The van der Waals surface area contributed by atoms with Gasteiger partial charge in [-0.1, -0.05) is 23.7 Å². The first-order valence-electron chi connectivity index (χ1n) is 5.31. The van der Waals surface area contributed by atoms with Crippen LogP contribution in [0.25, 0.3) is 22.0 Å². The normalized spacial score (nSPS) is 10.9. The summed E-state index contributed by atoms with van der Waals surface area (Å²) in [6, 6.07) is 7.90. The van der Waals surface area contributed by atoms with Crippen LogP contribution in [0.2, 0.25) is 5.15 Å². The number of rotatable bonds is 1. The molecule has 0 saturated heterocycles. The molecule has 0 spiro atoms. The van der Waals surface area contributed by atoms with E-state index in [0.29, 0.717) is 5.15 Å². The molecule has 0 unspecified atom stereocenters. The minimum Gasteiger partial charge on any atom is -0.285 e. The van der Waals surface area contributed by atoms with Crippen molar-refractivity contribution in [3.8, 4) is 11.1 Å². The van der Waals surface area contributed by atoms with Gasteiger partial charge in [0.1, 0.15) is 5.15 Å². The third kappa shape index (κ3) is 1.68. The van der Waals surface area contributed by atoms with E-state index >= 15 is 0 Å². The summed E-state index contributed by atoms with van der Waals surface area (Å²) in [4.78, 5) is 4.34. The van der Waals surface area contributed by atoms with E-state index in [9.17, 15) is 0 Å². The highest BCUT2D eigenvalue weighted by atomic mass is 35.5. The van der Waals surface area contributed by atoms with Crippen LogP contribution >= 0.6 is 11.6 Å². The van der Waals surface area contributed by atoms with Crippen LogP contribution in [0.5, 0.6) is 0 Å². The lowest BCUT2D eigenvalue weighted by Crippen LogP contribution is -1.87. The number of fused-ring (bicyclic) bond motifs is 1. The molecule has 2 aromatic heterocycles. The summed E-state index contributed by atoms with van der Waals surface area (Å²) < 4.78 is 0. The number of aryl methyl sites for hydroxylation is 1. The minimum atomic E-state index is 0.499. The Balaban J connectivity index is 2.44. The van der Waals surface area contributed by atoms with Gasteiger partial charge in [-0.3, -0.25) is 5.10 Å². The third-order valence-corrected chi connectivity index (χ3v) is 3.01. The second-order valence-corrected chi connectivity index (χ2v) is 4.34. The van der Waals surface area contributed by atoms with Gasteiger partial charge in [-0.25, -0.2) is 4.98 Å². The van der Waals surface area contributed by atoms with Crippen LogP contribution in [-0.4, -0.2) is 15.2 Å². The number of benzene rings is 1. The van der Waals surface area contributed by atoms with E-state index < -0.39 is 0 Å². The Bertz CT molecular complexity index is 674. The molecule has 0 aliphatic rings. The van der Waals surface area contributed by atoms with Crippen molar-refractivity contribution >= 4 is 22.5 Å². The van der Waals surface area contributed by atoms with E-state index in [-0.39, 0.29) is 0 Å². The lowest BCUT2D eigenvalue weighted by Gasteiger charge is -2.07. The predicted octanol–water partition coefficient (Wildman–Crippen LogP) is 3.59. The number of hydrogen-bond acceptors (Lipinski definition) is 2. The molecule has 3 rings (SSSR count). The zero-order valence-corrected chi connectivity index (χ0v) is 9.99. The first-order valence-corrected chi connectivity index (χ1v) is 5.68. The van der Waals surface area contributed by atoms with Gasteiger partial charge in [0.25, 0.3) is 0 Å². The first-order chi connectivity index (χ1) is 8.25. The van der Waals surface area contributed by atoms with Gasteiger partial charge in [0.15, 0.2) is 0 Å². The highest BCUT2D eigenvalue weighted by Crippen LogP contribution is 2.31. The molecule has 3 aromatic rings. The number of aromatic nitrogens is 3. The molecule has 0 atom stereocenters. The van der Waals surface area contributed by atoms with Crippen LogP contribution < -0.4 is 0 Å². The molecule has 0 amide bonds. The molecule has 0 aliphatic heterocycles. The molecule has 1 N–H and O–H groups in total. The lowest BCUT2D eigenvalue weighted by atomic mass is 10.0. The quantitative estimate of drug-likeness (QED) is 0.664. The predicted molar refractivity (Wildman–Crippen MR) is 69.1 cm³/mol. The van der Waals surface area contributed by atoms with Crippen LogP contribution in [0.4, 0.5) is 0 Å². The topological polar surface area (TPSA) is 41.6 Å². The van der Waals surface area contributed by atoms with E-state index in [1.54, 1.807) is 6.20 Å². The van der Waals surface area contributed by atoms with E-state index in [2.05, 4.69) is 28.2 Å². The van der Waals surface area contributed by atoms with Crippen molar-refractivity contribution in [3.63, 3.8) is 0 Å². The Morgan fingerprint density at radius 3 is 2.94 bits per heavy atom. The summed E-state index contributed by atoms with van der Waals surface area (Å²) in [7, 11) is 0. The molecule has 0 aliphatic carbocycles. The van der Waals surface area contributed by atoms with Crippen molar-refractivity contribution in [2.45, 2.75) is 6.92 Å². The Morgan fingerprint density at radius 2 is 2.18 bits per heavy atom. The Morgan fingerprint density at radius 1 is 1.29 bits per heavy atom. The highest BCUT2D eigenvalue weighted by Gasteiger charge is 2.09. The minimum absolute atomic E-state index is 0.499. The van der Waals surface area contributed by atoms with Crippen molar-refractivity contribution in [1.82, 2.24) is 15.2 Å². The summed E-state index contributed by atoms with van der Waals surface area (Å²) >= 11 is 6.05. The maximum Gasteiger partial charge on any atom is 0.130 e.